The van der Waals surface area contributed by atoms with E-state index in [4.69, 9.17) is 9.15 Å². The third-order valence-corrected chi connectivity index (χ3v) is 2.10. The van der Waals surface area contributed by atoms with Crippen molar-refractivity contribution in [3.05, 3.63) is 30.0 Å². The molecule has 0 saturated heterocycles. The van der Waals surface area contributed by atoms with Crippen molar-refractivity contribution in [2.75, 3.05) is 6.61 Å². The zero-order valence-electron chi connectivity index (χ0n) is 8.19. The molecule has 0 fully saturated rings. The van der Waals surface area contributed by atoms with E-state index in [1.165, 1.54) is 12.3 Å². The molecule has 4 nitrogen and oxygen atoms in total. The molecule has 0 radical (unpaired) electrons. The Morgan fingerprint density at radius 2 is 2.27 bits per heavy atom. The predicted octanol–water partition coefficient (Wildman–Crippen LogP) is 2.32. The highest BCUT2D eigenvalue weighted by Crippen LogP contribution is 2.29. The number of phenolic OH excluding ortho intramolecular Hbond substituents is 1. The Morgan fingerprint density at radius 1 is 1.47 bits per heavy atom. The number of benzene rings is 1. The number of esters is 1. The van der Waals surface area contributed by atoms with Crippen LogP contribution in [0.5, 0.6) is 5.75 Å². The maximum atomic E-state index is 11.4. The summed E-state index contributed by atoms with van der Waals surface area (Å²) >= 11 is 0. The van der Waals surface area contributed by atoms with Crippen molar-refractivity contribution in [3.8, 4) is 5.75 Å². The highest BCUT2D eigenvalue weighted by atomic mass is 16.5. The fraction of sp³-hybridized carbons (Fsp3) is 0.182. The molecule has 0 aliphatic rings. The van der Waals surface area contributed by atoms with Crippen LogP contribution in [0, 0.1) is 0 Å². The Balaban J connectivity index is 2.52. The Bertz CT molecular complexity index is 498. The van der Waals surface area contributed by atoms with Gasteiger partial charge < -0.3 is 14.3 Å². The first-order chi connectivity index (χ1) is 7.24. The van der Waals surface area contributed by atoms with Crippen LogP contribution in [0.25, 0.3) is 11.0 Å². The van der Waals surface area contributed by atoms with Gasteiger partial charge in [-0.15, -0.1) is 0 Å². The number of furan rings is 1. The van der Waals surface area contributed by atoms with Crippen molar-refractivity contribution in [2.45, 2.75) is 6.92 Å². The first-order valence-electron chi connectivity index (χ1n) is 4.60. The first-order valence-corrected chi connectivity index (χ1v) is 4.60. The normalized spacial score (nSPS) is 10.5. The van der Waals surface area contributed by atoms with E-state index < -0.39 is 5.97 Å². The average Bonchev–Trinajstić information content (AvgIpc) is 2.67. The van der Waals surface area contributed by atoms with Gasteiger partial charge in [-0.25, -0.2) is 4.79 Å². The number of hydrogen-bond donors (Lipinski definition) is 1. The van der Waals surface area contributed by atoms with Crippen molar-refractivity contribution >= 4 is 16.9 Å². The van der Waals surface area contributed by atoms with Gasteiger partial charge in [0, 0.05) is 0 Å². The zero-order valence-corrected chi connectivity index (χ0v) is 8.19. The summed E-state index contributed by atoms with van der Waals surface area (Å²) in [5.74, 6) is -0.627. The van der Waals surface area contributed by atoms with Crippen LogP contribution in [0.3, 0.4) is 0 Å². The summed E-state index contributed by atoms with van der Waals surface area (Å²) in [6.45, 7) is 1.99. The van der Waals surface area contributed by atoms with Gasteiger partial charge in [-0.2, -0.15) is 0 Å². The average molecular weight is 206 g/mol. The lowest BCUT2D eigenvalue weighted by Gasteiger charge is -2.04. The van der Waals surface area contributed by atoms with Gasteiger partial charge in [-0.1, -0.05) is 0 Å². The lowest BCUT2D eigenvalue weighted by molar-refractivity contribution is 0.0523. The molecule has 0 atom stereocenters. The largest absolute Gasteiger partial charge is 0.506 e. The molecular formula is C11H10O4. The molecule has 0 amide bonds. The highest BCUT2D eigenvalue weighted by Gasteiger charge is 2.15. The second-order valence-corrected chi connectivity index (χ2v) is 3.01. The van der Waals surface area contributed by atoms with Crippen molar-refractivity contribution in [3.63, 3.8) is 0 Å². The van der Waals surface area contributed by atoms with E-state index in [2.05, 4.69) is 0 Å². The molecule has 0 aliphatic carbocycles. The molecule has 0 aliphatic heterocycles. The van der Waals surface area contributed by atoms with Gasteiger partial charge in [0.25, 0.3) is 0 Å². The number of carbonyl (C=O) groups excluding carboxylic acids is 1. The molecule has 78 valence electrons. The molecule has 4 heteroatoms. The van der Waals surface area contributed by atoms with E-state index in [-0.39, 0.29) is 17.9 Å². The maximum absolute atomic E-state index is 11.4. The Hall–Kier alpha value is -1.97. The van der Waals surface area contributed by atoms with Gasteiger partial charge >= 0.3 is 5.97 Å². The minimum atomic E-state index is -0.530. The van der Waals surface area contributed by atoms with E-state index >= 15 is 0 Å². The number of hydrogen-bond acceptors (Lipinski definition) is 4. The van der Waals surface area contributed by atoms with Crippen molar-refractivity contribution in [1.29, 1.82) is 0 Å². The van der Waals surface area contributed by atoms with Gasteiger partial charge in [0.15, 0.2) is 0 Å². The van der Waals surface area contributed by atoms with E-state index in [0.717, 1.165) is 0 Å². The molecule has 0 spiro atoms. The quantitative estimate of drug-likeness (QED) is 0.766. The van der Waals surface area contributed by atoms with Gasteiger partial charge in [-0.3, -0.25) is 0 Å². The Kier molecular flexibility index (Phi) is 2.33. The summed E-state index contributed by atoms with van der Waals surface area (Å²) in [7, 11) is 0. The van der Waals surface area contributed by atoms with Crippen LogP contribution >= 0.6 is 0 Å². The maximum Gasteiger partial charge on any atom is 0.341 e. The third kappa shape index (κ3) is 1.54. The molecule has 2 aromatic rings. The monoisotopic (exact) mass is 206 g/mol. The summed E-state index contributed by atoms with van der Waals surface area (Å²) in [6.07, 6.45) is 1.46. The number of carbonyl (C=O) groups is 1. The van der Waals surface area contributed by atoms with Crippen LogP contribution in [0.15, 0.2) is 28.9 Å². The molecule has 0 unspecified atom stereocenters. The Morgan fingerprint density at radius 3 is 3.00 bits per heavy atom. The second kappa shape index (κ2) is 3.65. The fourth-order valence-electron chi connectivity index (χ4n) is 1.40. The highest BCUT2D eigenvalue weighted by molar-refractivity contribution is 5.99. The molecule has 0 saturated carbocycles. The number of phenols is 1. The van der Waals surface area contributed by atoms with Gasteiger partial charge in [0.2, 0.25) is 0 Å². The smallest absolute Gasteiger partial charge is 0.341 e. The van der Waals surface area contributed by atoms with Crippen LogP contribution in [0.1, 0.15) is 17.3 Å². The van der Waals surface area contributed by atoms with E-state index in [1.807, 2.05) is 0 Å². The molecule has 15 heavy (non-hydrogen) atoms. The summed E-state index contributed by atoms with van der Waals surface area (Å²) < 4.78 is 9.89. The van der Waals surface area contributed by atoms with E-state index in [9.17, 15) is 9.90 Å². The van der Waals surface area contributed by atoms with Gasteiger partial charge in [0.1, 0.15) is 16.9 Å². The number of aromatic hydroxyl groups is 1. The Labute approximate surface area is 86.1 Å². The zero-order chi connectivity index (χ0) is 10.8. The molecule has 1 N–H and O–H groups in total. The standard InChI is InChI=1S/C11H10O4/c1-2-14-11(13)8-3-4-9-7(10(8)12)5-6-15-9/h3-6,12H,2H2,1H3. The van der Waals surface area contributed by atoms with Gasteiger partial charge in [0.05, 0.1) is 18.3 Å². The summed E-state index contributed by atoms with van der Waals surface area (Å²) in [5, 5.41) is 10.3. The number of rotatable bonds is 2. The first kappa shape index (κ1) is 9.58. The van der Waals surface area contributed by atoms with Crippen molar-refractivity contribution in [1.82, 2.24) is 0 Å². The SMILES string of the molecule is CCOC(=O)c1ccc2occc2c1O. The second-order valence-electron chi connectivity index (χ2n) is 3.01. The van der Waals surface area contributed by atoms with Crippen molar-refractivity contribution < 1.29 is 19.1 Å². The molecule has 1 aromatic carbocycles. The predicted molar refractivity (Wildman–Crippen MR) is 53.8 cm³/mol. The van der Waals surface area contributed by atoms with Crippen LogP contribution in [0.4, 0.5) is 0 Å². The molecular weight excluding hydrogens is 196 g/mol. The van der Waals surface area contributed by atoms with Crippen LogP contribution in [0.2, 0.25) is 0 Å². The lowest BCUT2D eigenvalue weighted by atomic mass is 10.1. The van der Waals surface area contributed by atoms with Crippen LogP contribution in [-0.2, 0) is 4.74 Å². The summed E-state index contributed by atoms with van der Waals surface area (Å²) in [5.41, 5.74) is 0.700. The minimum absolute atomic E-state index is 0.0975. The molecule has 1 aromatic heterocycles. The molecule has 2 rings (SSSR count). The van der Waals surface area contributed by atoms with Crippen LogP contribution in [-0.4, -0.2) is 17.7 Å². The number of ether oxygens (including phenoxy) is 1. The van der Waals surface area contributed by atoms with E-state index in [1.54, 1.807) is 19.1 Å². The minimum Gasteiger partial charge on any atom is -0.506 e. The topological polar surface area (TPSA) is 59.7 Å². The van der Waals surface area contributed by atoms with Crippen LogP contribution < -0.4 is 0 Å². The van der Waals surface area contributed by atoms with Gasteiger partial charge in [-0.05, 0) is 25.1 Å². The summed E-state index contributed by atoms with van der Waals surface area (Å²) in [6, 6.07) is 4.72. The number of fused-ring (bicyclic) bond motifs is 1. The summed E-state index contributed by atoms with van der Waals surface area (Å²) in [4.78, 5) is 11.4. The lowest BCUT2D eigenvalue weighted by Crippen LogP contribution is -2.04. The molecule has 0 bridgehead atoms. The third-order valence-electron chi connectivity index (χ3n) is 2.10. The molecule has 1 heterocycles. The van der Waals surface area contributed by atoms with Crippen molar-refractivity contribution in [2.24, 2.45) is 0 Å². The fourth-order valence-corrected chi connectivity index (χ4v) is 1.40. The van der Waals surface area contributed by atoms with E-state index in [0.29, 0.717) is 11.0 Å².